The Morgan fingerprint density at radius 1 is 1.40 bits per heavy atom. The van der Waals surface area contributed by atoms with Crippen LogP contribution in [-0.4, -0.2) is 17.4 Å². The Hall–Kier alpha value is -1.10. The number of carbonyl (C=O) groups excluding carboxylic acids is 1. The molecule has 20 heavy (non-hydrogen) atoms. The van der Waals surface area contributed by atoms with Gasteiger partial charge in [0, 0.05) is 21.5 Å². The van der Waals surface area contributed by atoms with Crippen LogP contribution in [-0.2, 0) is 6.54 Å². The van der Waals surface area contributed by atoms with Crippen molar-refractivity contribution in [3.05, 3.63) is 68.3 Å². The fourth-order valence-electron chi connectivity index (χ4n) is 1.80. The van der Waals surface area contributed by atoms with Crippen LogP contribution >= 0.6 is 38.9 Å². The second kappa shape index (κ2) is 7.07. The van der Waals surface area contributed by atoms with Gasteiger partial charge in [0.2, 0.25) is 0 Å². The molecule has 0 aliphatic rings. The van der Waals surface area contributed by atoms with E-state index in [1.165, 1.54) is 11.3 Å². The number of benzene rings is 1. The van der Waals surface area contributed by atoms with E-state index in [4.69, 9.17) is 11.6 Å². The third kappa shape index (κ3) is 3.95. The summed E-state index contributed by atoms with van der Waals surface area (Å²) in [6.45, 7) is 4.75. The quantitative estimate of drug-likeness (QED) is 0.679. The Balaban J connectivity index is 2.19. The molecule has 2 nitrogen and oxygen atoms in total. The van der Waals surface area contributed by atoms with Gasteiger partial charge in [0.1, 0.15) is 0 Å². The lowest BCUT2D eigenvalue weighted by molar-refractivity contribution is 0.0764. The molecule has 0 fully saturated rings. The van der Waals surface area contributed by atoms with Gasteiger partial charge in [-0.3, -0.25) is 4.79 Å². The van der Waals surface area contributed by atoms with Crippen molar-refractivity contribution in [1.29, 1.82) is 0 Å². The first kappa shape index (κ1) is 15.3. The number of hydrogen-bond acceptors (Lipinski definition) is 2. The van der Waals surface area contributed by atoms with Crippen LogP contribution in [0.2, 0.25) is 4.34 Å². The summed E-state index contributed by atoms with van der Waals surface area (Å²) in [7, 11) is 0. The highest BCUT2D eigenvalue weighted by atomic mass is 79.9. The molecule has 1 heterocycles. The van der Waals surface area contributed by atoms with Crippen LogP contribution in [0.15, 0.2) is 53.5 Å². The topological polar surface area (TPSA) is 20.3 Å². The molecule has 0 saturated heterocycles. The van der Waals surface area contributed by atoms with Crippen molar-refractivity contribution < 1.29 is 4.79 Å². The average Bonchev–Trinajstić information content (AvgIpc) is 2.83. The summed E-state index contributed by atoms with van der Waals surface area (Å²) in [5.41, 5.74) is 0.656. The monoisotopic (exact) mass is 369 g/mol. The van der Waals surface area contributed by atoms with Crippen LogP contribution in [0.4, 0.5) is 0 Å². The molecular weight excluding hydrogens is 358 g/mol. The Labute approximate surface area is 135 Å². The van der Waals surface area contributed by atoms with Crippen LogP contribution < -0.4 is 0 Å². The third-order valence-electron chi connectivity index (χ3n) is 2.68. The van der Waals surface area contributed by atoms with Crippen LogP contribution in [0, 0.1) is 0 Å². The molecular formula is C15H13BrClNOS. The van der Waals surface area contributed by atoms with Crippen LogP contribution in [0.25, 0.3) is 0 Å². The number of amides is 1. The van der Waals surface area contributed by atoms with E-state index in [0.717, 1.165) is 13.7 Å². The van der Waals surface area contributed by atoms with Gasteiger partial charge >= 0.3 is 0 Å². The molecule has 0 bridgehead atoms. The fraction of sp³-hybridized carbons (Fsp3) is 0.133. The van der Waals surface area contributed by atoms with Gasteiger partial charge in [-0.05, 0) is 30.3 Å². The standard InChI is InChI=1S/C15H13BrClNOS/c1-2-8-18(10-13-6-7-14(17)20-13)15(19)11-4-3-5-12(16)9-11/h2-7,9H,1,8,10H2. The Morgan fingerprint density at radius 2 is 2.20 bits per heavy atom. The predicted molar refractivity (Wildman–Crippen MR) is 88.4 cm³/mol. The van der Waals surface area contributed by atoms with Crippen molar-refractivity contribution in [1.82, 2.24) is 4.90 Å². The second-order valence-electron chi connectivity index (χ2n) is 4.19. The Morgan fingerprint density at radius 3 is 2.80 bits per heavy atom. The number of halogens is 2. The molecule has 1 aromatic heterocycles. The van der Waals surface area contributed by atoms with E-state index in [1.54, 1.807) is 11.0 Å². The Kier molecular flexibility index (Phi) is 5.40. The van der Waals surface area contributed by atoms with Crippen molar-refractivity contribution in [2.75, 3.05) is 6.54 Å². The zero-order valence-corrected chi connectivity index (χ0v) is 13.8. The van der Waals surface area contributed by atoms with Crippen molar-refractivity contribution >= 4 is 44.8 Å². The number of hydrogen-bond donors (Lipinski definition) is 0. The maximum Gasteiger partial charge on any atom is 0.254 e. The summed E-state index contributed by atoms with van der Waals surface area (Å²) in [6, 6.07) is 11.2. The lowest BCUT2D eigenvalue weighted by Crippen LogP contribution is -2.30. The molecule has 2 rings (SSSR count). The fourth-order valence-corrected chi connectivity index (χ4v) is 3.31. The molecule has 0 unspecified atom stereocenters. The van der Waals surface area contributed by atoms with Gasteiger partial charge in [-0.25, -0.2) is 0 Å². The summed E-state index contributed by atoms with van der Waals surface area (Å²) in [5, 5.41) is 0. The maximum absolute atomic E-state index is 12.5. The van der Waals surface area contributed by atoms with E-state index in [9.17, 15) is 4.79 Å². The molecule has 1 aromatic carbocycles. The van der Waals surface area contributed by atoms with Crippen molar-refractivity contribution in [3.63, 3.8) is 0 Å². The molecule has 2 aromatic rings. The summed E-state index contributed by atoms with van der Waals surface area (Å²) >= 11 is 10.8. The van der Waals surface area contributed by atoms with Crippen LogP contribution in [0.3, 0.4) is 0 Å². The summed E-state index contributed by atoms with van der Waals surface area (Å²) in [6.07, 6.45) is 1.73. The van der Waals surface area contributed by atoms with Crippen LogP contribution in [0.5, 0.6) is 0 Å². The predicted octanol–water partition coefficient (Wildman–Crippen LogP) is 4.99. The van der Waals surface area contributed by atoms with Gasteiger partial charge in [-0.2, -0.15) is 0 Å². The van der Waals surface area contributed by atoms with Gasteiger partial charge in [-0.15, -0.1) is 17.9 Å². The minimum atomic E-state index is -0.0178. The minimum Gasteiger partial charge on any atom is -0.330 e. The van der Waals surface area contributed by atoms with E-state index >= 15 is 0 Å². The molecule has 0 saturated carbocycles. The lowest BCUT2D eigenvalue weighted by atomic mass is 10.2. The van der Waals surface area contributed by atoms with Crippen molar-refractivity contribution in [3.8, 4) is 0 Å². The first-order valence-electron chi connectivity index (χ1n) is 6.00. The van der Waals surface area contributed by atoms with Crippen molar-refractivity contribution in [2.24, 2.45) is 0 Å². The number of thiophene rings is 1. The molecule has 0 aliphatic carbocycles. The minimum absolute atomic E-state index is 0.0178. The van der Waals surface area contributed by atoms with Gasteiger partial charge in [0.05, 0.1) is 10.9 Å². The van der Waals surface area contributed by atoms with E-state index in [1.807, 2.05) is 36.4 Å². The normalized spacial score (nSPS) is 10.3. The molecule has 0 aliphatic heterocycles. The third-order valence-corrected chi connectivity index (χ3v) is 4.39. The first-order chi connectivity index (χ1) is 9.60. The molecule has 0 radical (unpaired) electrons. The number of rotatable bonds is 5. The van der Waals surface area contributed by atoms with E-state index < -0.39 is 0 Å². The summed E-state index contributed by atoms with van der Waals surface area (Å²) < 4.78 is 1.62. The maximum atomic E-state index is 12.5. The molecule has 0 spiro atoms. The molecule has 5 heteroatoms. The van der Waals surface area contributed by atoms with Crippen molar-refractivity contribution in [2.45, 2.75) is 6.54 Å². The zero-order valence-electron chi connectivity index (χ0n) is 10.7. The molecule has 0 atom stereocenters. The zero-order chi connectivity index (χ0) is 14.5. The average molecular weight is 371 g/mol. The largest absolute Gasteiger partial charge is 0.330 e. The highest BCUT2D eigenvalue weighted by Gasteiger charge is 2.16. The summed E-state index contributed by atoms with van der Waals surface area (Å²) in [5.74, 6) is -0.0178. The molecule has 104 valence electrons. The van der Waals surface area contributed by atoms with Gasteiger partial charge < -0.3 is 4.90 Å². The SMILES string of the molecule is C=CCN(Cc1ccc(Cl)s1)C(=O)c1cccc(Br)c1. The van der Waals surface area contributed by atoms with Crippen LogP contribution in [0.1, 0.15) is 15.2 Å². The molecule has 0 N–H and O–H groups in total. The van der Waals surface area contributed by atoms with Gasteiger partial charge in [0.25, 0.3) is 5.91 Å². The highest BCUT2D eigenvalue weighted by molar-refractivity contribution is 9.10. The number of nitrogens with zero attached hydrogens (tertiary/aromatic N) is 1. The second-order valence-corrected chi connectivity index (χ2v) is 6.91. The smallest absolute Gasteiger partial charge is 0.254 e. The van der Waals surface area contributed by atoms with Gasteiger partial charge in [0.15, 0.2) is 0 Å². The van der Waals surface area contributed by atoms with E-state index in [-0.39, 0.29) is 5.91 Å². The summed E-state index contributed by atoms with van der Waals surface area (Å²) in [4.78, 5) is 15.3. The van der Waals surface area contributed by atoms with E-state index in [0.29, 0.717) is 18.7 Å². The van der Waals surface area contributed by atoms with E-state index in [2.05, 4.69) is 22.5 Å². The lowest BCUT2D eigenvalue weighted by Gasteiger charge is -2.20. The Bertz CT molecular complexity index is 626. The van der Waals surface area contributed by atoms with Gasteiger partial charge in [-0.1, -0.05) is 39.7 Å². The molecule has 1 amide bonds. The number of carbonyl (C=O) groups is 1. The highest BCUT2D eigenvalue weighted by Crippen LogP contribution is 2.23. The first-order valence-corrected chi connectivity index (χ1v) is 7.99.